The number of rotatable bonds is 2. The molecule has 3 N–H and O–H groups in total. The predicted molar refractivity (Wildman–Crippen MR) is 90.1 cm³/mol. The molecule has 0 saturated carbocycles. The number of anilines is 2. The summed E-state index contributed by atoms with van der Waals surface area (Å²) in [7, 11) is 0. The highest BCUT2D eigenvalue weighted by molar-refractivity contribution is 9.11. The standard InChI is InChI=1S/C15H14Br2N2O/c1-8-4-3-5-11(9(8)2)15(20)19-14-12(17)6-10(16)7-13(14)18/h3-7H,18H2,1-2H3,(H,19,20). The molecule has 0 radical (unpaired) electrons. The van der Waals surface area contributed by atoms with Crippen molar-refractivity contribution < 1.29 is 4.79 Å². The zero-order valence-corrected chi connectivity index (χ0v) is 14.3. The molecule has 0 atom stereocenters. The van der Waals surface area contributed by atoms with Crippen LogP contribution in [0.4, 0.5) is 11.4 Å². The molecule has 1 amide bonds. The van der Waals surface area contributed by atoms with E-state index in [1.807, 2.05) is 32.0 Å². The molecule has 0 aliphatic heterocycles. The van der Waals surface area contributed by atoms with Crippen LogP contribution >= 0.6 is 31.9 Å². The lowest BCUT2D eigenvalue weighted by molar-refractivity contribution is 0.102. The first-order valence-corrected chi connectivity index (χ1v) is 7.61. The molecular formula is C15H14Br2N2O. The summed E-state index contributed by atoms with van der Waals surface area (Å²) in [6.45, 7) is 3.92. The lowest BCUT2D eigenvalue weighted by Crippen LogP contribution is -2.15. The summed E-state index contributed by atoms with van der Waals surface area (Å²) in [4.78, 5) is 12.4. The van der Waals surface area contributed by atoms with Crippen molar-refractivity contribution >= 4 is 49.1 Å². The summed E-state index contributed by atoms with van der Waals surface area (Å²) in [5.74, 6) is -0.166. The maximum absolute atomic E-state index is 12.4. The molecule has 0 unspecified atom stereocenters. The lowest BCUT2D eigenvalue weighted by Gasteiger charge is -2.13. The number of hydrogen-bond acceptors (Lipinski definition) is 2. The molecule has 20 heavy (non-hydrogen) atoms. The Bertz CT molecular complexity index is 661. The average Bonchev–Trinajstić information content (AvgIpc) is 2.36. The third-order valence-corrected chi connectivity index (χ3v) is 4.26. The Kier molecular flexibility index (Phi) is 4.50. The number of amides is 1. The fourth-order valence-electron chi connectivity index (χ4n) is 1.90. The van der Waals surface area contributed by atoms with Gasteiger partial charge in [-0.25, -0.2) is 0 Å². The van der Waals surface area contributed by atoms with E-state index in [0.717, 1.165) is 20.1 Å². The molecule has 0 saturated heterocycles. The van der Waals surface area contributed by atoms with Crippen molar-refractivity contribution in [3.63, 3.8) is 0 Å². The van der Waals surface area contributed by atoms with Gasteiger partial charge in [-0.2, -0.15) is 0 Å². The molecule has 3 nitrogen and oxygen atoms in total. The molecule has 2 rings (SSSR count). The summed E-state index contributed by atoms with van der Waals surface area (Å²) in [6, 6.07) is 9.26. The van der Waals surface area contributed by atoms with E-state index in [1.165, 1.54) is 0 Å². The van der Waals surface area contributed by atoms with E-state index >= 15 is 0 Å². The quantitative estimate of drug-likeness (QED) is 0.723. The van der Waals surface area contributed by atoms with Crippen LogP contribution in [0.25, 0.3) is 0 Å². The second-order valence-electron chi connectivity index (χ2n) is 4.55. The summed E-state index contributed by atoms with van der Waals surface area (Å²) in [5, 5.41) is 2.86. The van der Waals surface area contributed by atoms with Crippen LogP contribution in [0.15, 0.2) is 39.3 Å². The van der Waals surface area contributed by atoms with Crippen LogP contribution in [-0.4, -0.2) is 5.91 Å². The summed E-state index contributed by atoms with van der Waals surface area (Å²) in [6.07, 6.45) is 0. The van der Waals surface area contributed by atoms with Gasteiger partial charge in [-0.1, -0.05) is 28.1 Å². The molecule has 0 aliphatic carbocycles. The van der Waals surface area contributed by atoms with Crippen LogP contribution in [0.1, 0.15) is 21.5 Å². The Morgan fingerprint density at radius 1 is 1.20 bits per heavy atom. The van der Waals surface area contributed by atoms with E-state index in [1.54, 1.807) is 12.1 Å². The average molecular weight is 398 g/mol. The van der Waals surface area contributed by atoms with Crippen molar-refractivity contribution in [2.75, 3.05) is 11.1 Å². The van der Waals surface area contributed by atoms with Crippen LogP contribution in [0, 0.1) is 13.8 Å². The maximum atomic E-state index is 12.4. The molecule has 2 aromatic carbocycles. The smallest absolute Gasteiger partial charge is 0.256 e. The highest BCUT2D eigenvalue weighted by Gasteiger charge is 2.14. The second kappa shape index (κ2) is 5.97. The zero-order valence-electron chi connectivity index (χ0n) is 11.1. The Morgan fingerprint density at radius 3 is 2.55 bits per heavy atom. The van der Waals surface area contributed by atoms with E-state index < -0.39 is 0 Å². The SMILES string of the molecule is Cc1cccc(C(=O)Nc2c(N)cc(Br)cc2Br)c1C. The van der Waals surface area contributed by atoms with Crippen LogP contribution in [0.2, 0.25) is 0 Å². The van der Waals surface area contributed by atoms with E-state index in [4.69, 9.17) is 5.73 Å². The Morgan fingerprint density at radius 2 is 1.90 bits per heavy atom. The van der Waals surface area contributed by atoms with Crippen molar-refractivity contribution in [3.05, 3.63) is 56.0 Å². The highest BCUT2D eigenvalue weighted by atomic mass is 79.9. The van der Waals surface area contributed by atoms with E-state index in [2.05, 4.69) is 37.2 Å². The van der Waals surface area contributed by atoms with Crippen LogP contribution in [0.3, 0.4) is 0 Å². The van der Waals surface area contributed by atoms with Crippen molar-refractivity contribution in [1.82, 2.24) is 0 Å². The second-order valence-corrected chi connectivity index (χ2v) is 6.32. The Labute approximate surface area is 134 Å². The molecule has 0 aliphatic rings. The van der Waals surface area contributed by atoms with Gasteiger partial charge in [0.15, 0.2) is 0 Å². The van der Waals surface area contributed by atoms with Crippen molar-refractivity contribution in [3.8, 4) is 0 Å². The van der Waals surface area contributed by atoms with Crippen LogP contribution < -0.4 is 11.1 Å². The van der Waals surface area contributed by atoms with Gasteiger partial charge in [0, 0.05) is 14.5 Å². The molecule has 0 spiro atoms. The summed E-state index contributed by atoms with van der Waals surface area (Å²) in [5.41, 5.74) is 9.73. The van der Waals surface area contributed by atoms with Crippen LogP contribution in [-0.2, 0) is 0 Å². The largest absolute Gasteiger partial charge is 0.397 e. The number of carbonyl (C=O) groups is 1. The van der Waals surface area contributed by atoms with Gasteiger partial charge in [0.1, 0.15) is 0 Å². The Hall–Kier alpha value is -1.33. The monoisotopic (exact) mass is 396 g/mol. The van der Waals surface area contributed by atoms with Gasteiger partial charge in [0.05, 0.1) is 11.4 Å². The molecule has 2 aromatic rings. The van der Waals surface area contributed by atoms with Gasteiger partial charge >= 0.3 is 0 Å². The fraction of sp³-hybridized carbons (Fsp3) is 0.133. The maximum Gasteiger partial charge on any atom is 0.256 e. The fourth-order valence-corrected chi connectivity index (χ4v) is 3.26. The minimum atomic E-state index is -0.166. The molecular weight excluding hydrogens is 384 g/mol. The highest BCUT2D eigenvalue weighted by Crippen LogP contribution is 2.33. The number of aryl methyl sites for hydroxylation is 1. The van der Waals surface area contributed by atoms with Gasteiger partial charge in [-0.05, 0) is 59.1 Å². The van der Waals surface area contributed by atoms with Crippen LogP contribution in [0.5, 0.6) is 0 Å². The third-order valence-electron chi connectivity index (χ3n) is 3.17. The molecule has 0 bridgehead atoms. The number of nitrogens with one attached hydrogen (secondary N) is 1. The first-order valence-electron chi connectivity index (χ1n) is 6.02. The molecule has 0 heterocycles. The zero-order chi connectivity index (χ0) is 14.9. The van der Waals surface area contributed by atoms with Gasteiger partial charge in [0.2, 0.25) is 0 Å². The van der Waals surface area contributed by atoms with E-state index in [-0.39, 0.29) is 5.91 Å². The number of benzene rings is 2. The van der Waals surface area contributed by atoms with Gasteiger partial charge in [-0.3, -0.25) is 4.79 Å². The van der Waals surface area contributed by atoms with E-state index in [0.29, 0.717) is 16.9 Å². The Balaban J connectivity index is 2.36. The molecule has 0 aromatic heterocycles. The minimum Gasteiger partial charge on any atom is -0.397 e. The third kappa shape index (κ3) is 3.04. The summed E-state index contributed by atoms with van der Waals surface area (Å²) < 4.78 is 1.59. The summed E-state index contributed by atoms with van der Waals surface area (Å²) >= 11 is 6.76. The van der Waals surface area contributed by atoms with E-state index in [9.17, 15) is 4.79 Å². The first-order chi connectivity index (χ1) is 9.40. The number of nitrogen functional groups attached to an aromatic ring is 1. The molecule has 5 heteroatoms. The van der Waals surface area contributed by atoms with Crippen molar-refractivity contribution in [2.24, 2.45) is 0 Å². The van der Waals surface area contributed by atoms with Crippen molar-refractivity contribution in [2.45, 2.75) is 13.8 Å². The van der Waals surface area contributed by atoms with Crippen molar-refractivity contribution in [1.29, 1.82) is 0 Å². The lowest BCUT2D eigenvalue weighted by atomic mass is 10.0. The van der Waals surface area contributed by atoms with Gasteiger partial charge < -0.3 is 11.1 Å². The number of halogens is 2. The molecule has 0 fully saturated rings. The number of carbonyl (C=O) groups excluding carboxylic acids is 1. The number of nitrogens with two attached hydrogens (primary N) is 1. The first kappa shape index (κ1) is 15.1. The predicted octanol–water partition coefficient (Wildman–Crippen LogP) is 4.66. The molecule has 104 valence electrons. The number of hydrogen-bond donors (Lipinski definition) is 2. The van der Waals surface area contributed by atoms with Gasteiger partial charge in [-0.15, -0.1) is 0 Å². The van der Waals surface area contributed by atoms with Gasteiger partial charge in [0.25, 0.3) is 5.91 Å². The normalized spacial score (nSPS) is 10.4. The topological polar surface area (TPSA) is 55.1 Å². The minimum absolute atomic E-state index is 0.166.